The van der Waals surface area contributed by atoms with Gasteiger partial charge >= 0.3 is 0 Å². The van der Waals surface area contributed by atoms with Gasteiger partial charge < -0.3 is 0 Å². The van der Waals surface area contributed by atoms with Crippen molar-refractivity contribution in [1.29, 1.82) is 5.26 Å². The number of aryl methyl sites for hydroxylation is 1. The topological polar surface area (TPSA) is 99.1 Å². The van der Waals surface area contributed by atoms with Gasteiger partial charge in [-0.1, -0.05) is 6.92 Å². The van der Waals surface area contributed by atoms with E-state index in [2.05, 4.69) is 17.2 Å². The summed E-state index contributed by atoms with van der Waals surface area (Å²) in [6.45, 7) is 2.19. The van der Waals surface area contributed by atoms with Crippen LogP contribution in [0.2, 0.25) is 0 Å². The fraction of sp³-hybridized carbons (Fsp3) is 0.294. The third kappa shape index (κ3) is 3.90. The van der Waals surface area contributed by atoms with Gasteiger partial charge in [0.05, 0.1) is 21.4 Å². The second kappa shape index (κ2) is 6.96. The van der Waals surface area contributed by atoms with Crippen molar-refractivity contribution in [3.8, 4) is 6.07 Å². The first-order valence-corrected chi connectivity index (χ1v) is 10.1. The zero-order chi connectivity index (χ0) is 18.0. The standard InChI is InChI=1S/C17H17N3O3S2/c1-11-2-7-15-13(8-11)9-16(24-15)17(21)19-20-25(22,23)14-5-3-12(10-18)4-6-14/h3-6,9,11,20H,2,7-8H2,1H3,(H,19,21)/t11-/m1/s1. The molecule has 0 spiro atoms. The van der Waals surface area contributed by atoms with Crippen LogP contribution in [-0.4, -0.2) is 14.3 Å². The van der Waals surface area contributed by atoms with Crippen molar-refractivity contribution in [2.75, 3.05) is 0 Å². The van der Waals surface area contributed by atoms with Crippen LogP contribution >= 0.6 is 11.3 Å². The van der Waals surface area contributed by atoms with Crippen LogP contribution in [0.5, 0.6) is 0 Å². The molecule has 0 fully saturated rings. The molecule has 0 radical (unpaired) electrons. The number of carbonyl (C=O) groups is 1. The highest BCUT2D eigenvalue weighted by Crippen LogP contribution is 2.32. The second-order valence-electron chi connectivity index (χ2n) is 6.10. The van der Waals surface area contributed by atoms with E-state index in [9.17, 15) is 13.2 Å². The molecule has 2 N–H and O–H groups in total. The Kier molecular flexibility index (Phi) is 4.90. The van der Waals surface area contributed by atoms with Crippen LogP contribution in [0.25, 0.3) is 0 Å². The predicted octanol–water partition coefficient (Wildman–Crippen LogP) is 2.37. The Morgan fingerprint density at radius 1 is 1.32 bits per heavy atom. The molecule has 1 aromatic carbocycles. The van der Waals surface area contributed by atoms with Crippen LogP contribution in [0, 0.1) is 17.2 Å². The van der Waals surface area contributed by atoms with Crippen molar-refractivity contribution in [3.05, 3.63) is 51.2 Å². The molecular formula is C17H17N3O3S2. The Hall–Kier alpha value is -2.21. The van der Waals surface area contributed by atoms with Gasteiger partial charge in [-0.15, -0.1) is 16.2 Å². The molecule has 1 aliphatic rings. The van der Waals surface area contributed by atoms with E-state index in [0.717, 1.165) is 19.3 Å². The zero-order valence-electron chi connectivity index (χ0n) is 13.6. The van der Waals surface area contributed by atoms with Crippen LogP contribution in [-0.2, 0) is 22.9 Å². The van der Waals surface area contributed by atoms with Crippen molar-refractivity contribution < 1.29 is 13.2 Å². The summed E-state index contributed by atoms with van der Waals surface area (Å²) in [6.07, 6.45) is 3.03. The van der Waals surface area contributed by atoms with Gasteiger partial charge in [-0.2, -0.15) is 5.26 Å². The van der Waals surface area contributed by atoms with E-state index in [0.29, 0.717) is 16.4 Å². The molecule has 2 aromatic rings. The van der Waals surface area contributed by atoms with Gasteiger partial charge in [0.1, 0.15) is 0 Å². The highest BCUT2D eigenvalue weighted by Gasteiger charge is 2.22. The van der Waals surface area contributed by atoms with Crippen molar-refractivity contribution >= 4 is 27.3 Å². The third-order valence-corrected chi connectivity index (χ3v) is 6.65. The molecule has 6 nitrogen and oxygen atoms in total. The van der Waals surface area contributed by atoms with E-state index in [1.165, 1.54) is 46.0 Å². The molecule has 0 aliphatic heterocycles. The summed E-state index contributed by atoms with van der Waals surface area (Å²) in [5, 5.41) is 8.75. The monoisotopic (exact) mass is 375 g/mol. The van der Waals surface area contributed by atoms with Crippen molar-refractivity contribution in [3.63, 3.8) is 0 Å². The summed E-state index contributed by atoms with van der Waals surface area (Å²) in [5.74, 6) is 0.136. The number of hydrogen-bond acceptors (Lipinski definition) is 5. The van der Waals surface area contributed by atoms with Crippen LogP contribution in [0.1, 0.15) is 39.0 Å². The van der Waals surface area contributed by atoms with E-state index in [1.54, 1.807) is 0 Å². The second-order valence-corrected chi connectivity index (χ2v) is 8.92. The number of nitrogens with zero attached hydrogens (tertiary/aromatic N) is 1. The van der Waals surface area contributed by atoms with Crippen molar-refractivity contribution in [2.24, 2.45) is 5.92 Å². The first kappa shape index (κ1) is 17.6. The maximum absolute atomic E-state index is 12.3. The molecule has 1 aromatic heterocycles. The number of hydrogen-bond donors (Lipinski definition) is 2. The molecule has 0 bridgehead atoms. The average Bonchev–Trinajstić information content (AvgIpc) is 3.03. The Labute approximate surface area is 150 Å². The molecular weight excluding hydrogens is 358 g/mol. The Morgan fingerprint density at radius 3 is 2.72 bits per heavy atom. The molecule has 8 heteroatoms. The van der Waals surface area contributed by atoms with E-state index in [4.69, 9.17) is 5.26 Å². The van der Waals surface area contributed by atoms with Crippen molar-refractivity contribution in [1.82, 2.24) is 10.3 Å². The maximum Gasteiger partial charge on any atom is 0.276 e. The number of carbonyl (C=O) groups excluding carboxylic acids is 1. The van der Waals surface area contributed by atoms with Gasteiger partial charge in [0.25, 0.3) is 15.9 Å². The number of amides is 1. The van der Waals surface area contributed by atoms with Gasteiger partial charge in [-0.25, -0.2) is 8.42 Å². The fourth-order valence-electron chi connectivity index (χ4n) is 2.76. The normalized spacial score (nSPS) is 16.7. The molecule has 1 heterocycles. The first-order valence-electron chi connectivity index (χ1n) is 7.83. The Bertz CT molecular complexity index is 941. The number of fused-ring (bicyclic) bond motifs is 1. The Balaban J connectivity index is 1.68. The third-order valence-electron chi connectivity index (χ3n) is 4.15. The summed E-state index contributed by atoms with van der Waals surface area (Å²) in [4.78, 5) is 16.0. The summed E-state index contributed by atoms with van der Waals surface area (Å²) < 4.78 is 24.4. The van der Waals surface area contributed by atoms with Crippen LogP contribution < -0.4 is 10.3 Å². The first-order chi connectivity index (χ1) is 11.9. The summed E-state index contributed by atoms with van der Waals surface area (Å²) in [6, 6.07) is 9.22. The lowest BCUT2D eigenvalue weighted by molar-refractivity contribution is 0.0949. The molecule has 0 saturated heterocycles. The number of benzene rings is 1. The predicted molar refractivity (Wildman–Crippen MR) is 94.5 cm³/mol. The molecule has 25 heavy (non-hydrogen) atoms. The number of hydrazine groups is 1. The lowest BCUT2D eigenvalue weighted by atomic mass is 9.90. The fourth-order valence-corrected chi connectivity index (χ4v) is 4.70. The van der Waals surface area contributed by atoms with E-state index in [-0.39, 0.29) is 4.90 Å². The van der Waals surface area contributed by atoms with Crippen LogP contribution in [0.15, 0.2) is 35.2 Å². The summed E-state index contributed by atoms with van der Waals surface area (Å²) in [7, 11) is -3.89. The van der Waals surface area contributed by atoms with Gasteiger partial charge in [0.15, 0.2) is 0 Å². The average molecular weight is 375 g/mol. The van der Waals surface area contributed by atoms with Gasteiger partial charge in [0, 0.05) is 4.88 Å². The van der Waals surface area contributed by atoms with E-state index >= 15 is 0 Å². The molecule has 1 atom stereocenters. The number of sulfonamides is 1. The van der Waals surface area contributed by atoms with E-state index < -0.39 is 15.9 Å². The highest BCUT2D eigenvalue weighted by molar-refractivity contribution is 7.89. The Morgan fingerprint density at radius 2 is 2.04 bits per heavy atom. The summed E-state index contributed by atoms with van der Waals surface area (Å²) in [5.41, 5.74) is 3.80. The van der Waals surface area contributed by atoms with Crippen molar-refractivity contribution in [2.45, 2.75) is 31.1 Å². The molecule has 0 saturated carbocycles. The molecule has 1 aliphatic carbocycles. The largest absolute Gasteiger partial charge is 0.276 e. The minimum atomic E-state index is -3.89. The smallest absolute Gasteiger partial charge is 0.273 e. The lowest BCUT2D eigenvalue weighted by Crippen LogP contribution is -2.41. The number of rotatable bonds is 4. The van der Waals surface area contributed by atoms with Crippen LogP contribution in [0.3, 0.4) is 0 Å². The zero-order valence-corrected chi connectivity index (χ0v) is 15.2. The maximum atomic E-state index is 12.3. The minimum Gasteiger partial charge on any atom is -0.273 e. The number of thiophene rings is 1. The molecule has 3 rings (SSSR count). The van der Waals surface area contributed by atoms with Gasteiger partial charge in [-0.05, 0) is 61.1 Å². The quantitative estimate of drug-likeness (QED) is 0.802. The number of nitrogens with one attached hydrogen (secondary N) is 2. The van der Waals surface area contributed by atoms with Gasteiger partial charge in [-0.3, -0.25) is 10.2 Å². The van der Waals surface area contributed by atoms with E-state index in [1.807, 2.05) is 12.1 Å². The van der Waals surface area contributed by atoms with Crippen LogP contribution in [0.4, 0.5) is 0 Å². The summed E-state index contributed by atoms with van der Waals surface area (Å²) >= 11 is 1.41. The molecule has 0 unspecified atom stereocenters. The number of nitriles is 1. The molecule has 130 valence electrons. The lowest BCUT2D eigenvalue weighted by Gasteiger charge is -2.16. The van der Waals surface area contributed by atoms with Gasteiger partial charge in [0.2, 0.25) is 0 Å². The SMILES string of the molecule is C[C@@H]1CCc2sc(C(=O)NNS(=O)(=O)c3ccc(C#N)cc3)cc2C1. The minimum absolute atomic E-state index is 0.0221. The molecule has 1 amide bonds. The highest BCUT2D eigenvalue weighted by atomic mass is 32.2.